The average Bonchev–Trinajstić information content (AvgIpc) is 3.94. The molecule has 7 amide bonds. The van der Waals surface area contributed by atoms with Gasteiger partial charge in [0.05, 0.1) is 24.4 Å². The van der Waals surface area contributed by atoms with Crippen LogP contribution in [0.1, 0.15) is 136 Å². The minimum absolute atomic E-state index is 0.00203. The van der Waals surface area contributed by atoms with Crippen LogP contribution in [0.4, 0.5) is 0 Å². The number of aliphatic hydroxyl groups excluding tert-OH is 6. The van der Waals surface area contributed by atoms with E-state index < -0.39 is 140 Å². The Hall–Kier alpha value is -4.97. The lowest BCUT2D eigenvalue weighted by Crippen LogP contribution is -2.63. The van der Waals surface area contributed by atoms with Gasteiger partial charge in [-0.15, -0.1) is 0 Å². The van der Waals surface area contributed by atoms with Crippen molar-refractivity contribution in [2.24, 2.45) is 17.6 Å². The molecule has 3 aliphatic heterocycles. The highest BCUT2D eigenvalue weighted by atomic mass is 16.3. The van der Waals surface area contributed by atoms with E-state index in [1.807, 2.05) is 0 Å². The van der Waals surface area contributed by atoms with Gasteiger partial charge in [0.15, 0.2) is 0 Å². The molecule has 0 saturated carbocycles. The number of phenols is 1. The number of nitrogens with zero attached hydrogens (tertiary/aromatic N) is 2. The molecule has 0 bridgehead atoms. The molecule has 22 heteroatoms. The molecule has 22 nitrogen and oxygen atoms in total. The number of rotatable bonds is 20. The Morgan fingerprint density at radius 3 is 2.07 bits per heavy atom. The van der Waals surface area contributed by atoms with Gasteiger partial charge in [-0.2, -0.15) is 0 Å². The Kier molecular flexibility index (Phi) is 24.0. The Balaban J connectivity index is 1.63. The van der Waals surface area contributed by atoms with Crippen molar-refractivity contribution in [1.82, 2.24) is 36.4 Å². The highest BCUT2D eigenvalue weighted by Gasteiger charge is 2.47. The molecule has 4 rings (SSSR count). The van der Waals surface area contributed by atoms with Crippen LogP contribution in [0, 0.1) is 11.8 Å². The minimum Gasteiger partial charge on any atom is -0.508 e. The smallest absolute Gasteiger partial charge is 0.248 e. The van der Waals surface area contributed by atoms with Crippen LogP contribution in [0.5, 0.6) is 5.75 Å². The van der Waals surface area contributed by atoms with Gasteiger partial charge in [0, 0.05) is 38.9 Å². The molecule has 1 aromatic rings. The zero-order chi connectivity index (χ0) is 53.2. The normalized spacial score (nSPS) is 28.3. The highest BCUT2D eigenvalue weighted by molar-refractivity contribution is 5.98. The molecule has 14 unspecified atom stereocenters. The van der Waals surface area contributed by atoms with Crippen LogP contribution < -0.4 is 32.3 Å². The van der Waals surface area contributed by atoms with Gasteiger partial charge in [-0.1, -0.05) is 77.8 Å². The molecular formula is C50H82N8O14. The number of aromatic hydroxyl groups is 1. The fraction of sp³-hybridized carbons (Fsp3) is 0.740. The molecule has 14 atom stereocenters. The van der Waals surface area contributed by atoms with E-state index in [0.717, 1.165) is 41.9 Å². The lowest BCUT2D eigenvalue weighted by molar-refractivity contribution is -0.146. The molecule has 0 aromatic heterocycles. The van der Waals surface area contributed by atoms with Gasteiger partial charge in [0.1, 0.15) is 54.2 Å². The zero-order valence-electron chi connectivity index (χ0n) is 42.3. The summed E-state index contributed by atoms with van der Waals surface area (Å²) in [4.78, 5) is 100. The van der Waals surface area contributed by atoms with Crippen LogP contribution in [0.2, 0.25) is 0 Å². The number of unbranched alkanes of at least 4 members (excludes halogenated alkanes) is 5. The first-order valence-corrected chi connectivity index (χ1v) is 25.8. The number of benzene rings is 1. The number of hydrogen-bond acceptors (Lipinski definition) is 15. The second kappa shape index (κ2) is 29.1. The average molecular weight is 1020 g/mol. The molecule has 0 aliphatic carbocycles. The predicted molar refractivity (Wildman–Crippen MR) is 263 cm³/mol. The van der Waals surface area contributed by atoms with Crippen molar-refractivity contribution in [2.75, 3.05) is 26.2 Å². The van der Waals surface area contributed by atoms with Crippen molar-refractivity contribution in [3.63, 3.8) is 0 Å². The molecular weight excluding hydrogens is 937 g/mol. The van der Waals surface area contributed by atoms with E-state index in [-0.39, 0.29) is 50.1 Å². The SMILES string of the molecule is CCC(C)CC(C)CCCCCCCCC(=O)NC1CC(O)CNC(=O)C2C(O)CCN2C(=O)C(CCCN)NC(=O)C(C(O)C(O)c2ccc(O)cc2)NC(=O)C2CC(O)CN2C(=O)C(C(C)O)NC1=O. The molecule has 3 aliphatic rings. The van der Waals surface area contributed by atoms with Gasteiger partial charge < -0.3 is 77.9 Å². The highest BCUT2D eigenvalue weighted by Crippen LogP contribution is 2.26. The zero-order valence-corrected chi connectivity index (χ0v) is 42.3. The number of aliphatic hydroxyl groups is 6. The van der Waals surface area contributed by atoms with Crippen LogP contribution in [0.15, 0.2) is 24.3 Å². The quantitative estimate of drug-likeness (QED) is 0.0686. The summed E-state index contributed by atoms with van der Waals surface area (Å²) in [5.41, 5.74) is 5.78. The van der Waals surface area contributed by atoms with Crippen molar-refractivity contribution >= 4 is 41.4 Å². The van der Waals surface area contributed by atoms with Gasteiger partial charge in [-0.25, -0.2) is 0 Å². The van der Waals surface area contributed by atoms with Crippen LogP contribution in [0.25, 0.3) is 0 Å². The Morgan fingerprint density at radius 1 is 0.764 bits per heavy atom. The second-order valence-electron chi connectivity index (χ2n) is 20.2. The number of carbonyl (C=O) groups excluding carboxylic acids is 7. The fourth-order valence-electron chi connectivity index (χ4n) is 9.75. The predicted octanol–water partition coefficient (Wildman–Crippen LogP) is -1.16. The molecule has 3 heterocycles. The maximum Gasteiger partial charge on any atom is 0.248 e. The number of nitrogens with two attached hydrogens (primary N) is 1. The van der Waals surface area contributed by atoms with Crippen molar-refractivity contribution in [3.8, 4) is 5.75 Å². The summed E-state index contributed by atoms with van der Waals surface area (Å²) >= 11 is 0. The third-order valence-electron chi connectivity index (χ3n) is 14.1. The maximum absolute atomic E-state index is 14.3. The third-order valence-corrected chi connectivity index (χ3v) is 14.1. The summed E-state index contributed by atoms with van der Waals surface area (Å²) < 4.78 is 0. The number of phenolic OH excluding ortho intramolecular Hbond substituents is 1. The molecule has 72 heavy (non-hydrogen) atoms. The van der Waals surface area contributed by atoms with E-state index in [0.29, 0.717) is 18.3 Å². The summed E-state index contributed by atoms with van der Waals surface area (Å²) in [6.07, 6.45) is -1.99. The van der Waals surface area contributed by atoms with E-state index in [9.17, 15) is 69.3 Å². The van der Waals surface area contributed by atoms with Gasteiger partial charge in [-0.05, 0) is 75.1 Å². The Labute approximate surface area is 422 Å². The molecule has 406 valence electrons. The Morgan fingerprint density at radius 2 is 1.42 bits per heavy atom. The lowest BCUT2D eigenvalue weighted by atomic mass is 9.91. The second-order valence-corrected chi connectivity index (χ2v) is 20.2. The topological polar surface area (TPSA) is 354 Å². The number of nitrogens with one attached hydrogen (secondary N) is 5. The first-order chi connectivity index (χ1) is 34.2. The monoisotopic (exact) mass is 1020 g/mol. The van der Waals surface area contributed by atoms with Crippen molar-refractivity contribution in [3.05, 3.63) is 29.8 Å². The summed E-state index contributed by atoms with van der Waals surface area (Å²) in [6.45, 7) is 6.82. The van der Waals surface area contributed by atoms with Crippen molar-refractivity contribution < 1.29 is 69.3 Å². The van der Waals surface area contributed by atoms with E-state index in [1.165, 1.54) is 50.5 Å². The minimum atomic E-state index is -2.17. The molecule has 3 fully saturated rings. The van der Waals surface area contributed by atoms with E-state index in [1.54, 1.807) is 0 Å². The van der Waals surface area contributed by atoms with Crippen LogP contribution in [-0.4, -0.2) is 180 Å². The third kappa shape index (κ3) is 17.3. The summed E-state index contributed by atoms with van der Waals surface area (Å²) in [5.74, 6) is -5.49. The van der Waals surface area contributed by atoms with E-state index >= 15 is 0 Å². The Bertz CT molecular complexity index is 1940. The number of β-amino-alcohol motifs (C(OH)–C–C–N with tert-alkyl or cyclic N) is 1. The summed E-state index contributed by atoms with van der Waals surface area (Å²) in [7, 11) is 0. The fourth-order valence-corrected chi connectivity index (χ4v) is 9.75. The summed E-state index contributed by atoms with van der Waals surface area (Å²) in [6, 6.07) is -5.10. The van der Waals surface area contributed by atoms with Crippen molar-refractivity contribution in [2.45, 2.75) is 197 Å². The molecule has 0 radical (unpaired) electrons. The van der Waals surface area contributed by atoms with Gasteiger partial charge in [0.2, 0.25) is 41.4 Å². The van der Waals surface area contributed by atoms with E-state index in [2.05, 4.69) is 47.4 Å². The lowest BCUT2D eigenvalue weighted by Gasteiger charge is -2.33. The molecule has 1 aromatic carbocycles. The van der Waals surface area contributed by atoms with Gasteiger partial charge in [0.25, 0.3) is 0 Å². The number of hydrogen-bond donors (Lipinski definition) is 13. The van der Waals surface area contributed by atoms with Gasteiger partial charge in [-0.3, -0.25) is 33.6 Å². The van der Waals surface area contributed by atoms with Crippen molar-refractivity contribution in [1.29, 1.82) is 0 Å². The summed E-state index contributed by atoms with van der Waals surface area (Å²) in [5, 5.41) is 89.2. The van der Waals surface area contributed by atoms with Crippen LogP contribution in [0.3, 0.4) is 0 Å². The first-order valence-electron chi connectivity index (χ1n) is 25.8. The van der Waals surface area contributed by atoms with Crippen LogP contribution >= 0.6 is 0 Å². The molecule has 0 spiro atoms. The number of fused-ring (bicyclic) bond motifs is 2. The first kappa shape index (κ1) is 59.6. The molecule has 14 N–H and O–H groups in total. The van der Waals surface area contributed by atoms with E-state index in [4.69, 9.17) is 5.73 Å². The standard InChI is InChI=1S/C50H82N8O14/c1-5-28(2)23-29(3)13-10-8-6-7-9-11-15-39(64)53-36-24-33(61)26-52-48(70)42-38(63)20-22-57(42)49(71)35(14-12-21-51)54-47(69)41(44(66)43(65)31-16-18-32(60)19-17-31)56-46(68)37-25-34(62)27-58(37)50(72)40(30(4)59)55-45(36)67/h16-19,28-30,33-38,40-44,59-63,65-66H,5-15,20-27,51H2,1-4H3,(H,52,70)(H,53,64)(H,54,69)(H,55,67)(H,56,68). The molecule has 3 saturated heterocycles. The van der Waals surface area contributed by atoms with Gasteiger partial charge >= 0.3 is 0 Å². The largest absolute Gasteiger partial charge is 0.508 e. The maximum atomic E-state index is 14.3. The number of amides is 7. The number of carbonyl (C=O) groups is 7. The van der Waals surface area contributed by atoms with Crippen LogP contribution in [-0.2, 0) is 33.6 Å².